The Morgan fingerprint density at radius 2 is 1.80 bits per heavy atom. The number of carboxylic acids is 1. The van der Waals surface area contributed by atoms with Gasteiger partial charge in [-0.3, -0.25) is 0 Å². The number of ether oxygens (including phenoxy) is 1. The van der Waals surface area contributed by atoms with Gasteiger partial charge in [0.15, 0.2) is 17.5 Å². The summed E-state index contributed by atoms with van der Waals surface area (Å²) in [6.45, 7) is 3.87. The van der Waals surface area contributed by atoms with Gasteiger partial charge in [-0.1, -0.05) is 0 Å². The zero-order chi connectivity index (χ0) is 15.0. The Hall–Kier alpha value is -1.76. The molecular weight excluding hydrogens is 275 g/mol. The standard InChI is InChI=1S/C13H14F3NO3/c1-6-4-17(5-7(2)20-6)12-9(14)3-8(13(18)19)10(15)11(12)16/h3,6-7H,4-5H2,1-2H3,(H,18,19)/t6-,7-/m1/s1. The predicted molar refractivity (Wildman–Crippen MR) is 65.5 cm³/mol. The van der Waals surface area contributed by atoms with E-state index in [4.69, 9.17) is 9.84 Å². The molecule has 20 heavy (non-hydrogen) atoms. The number of rotatable bonds is 2. The molecule has 1 aliphatic heterocycles. The SMILES string of the molecule is C[C@@H]1CN(c2c(F)cc(C(=O)O)c(F)c2F)C[C@@H](C)O1. The molecule has 0 amide bonds. The van der Waals surface area contributed by atoms with E-state index in [1.807, 2.05) is 0 Å². The number of nitrogens with zero attached hydrogens (tertiary/aromatic N) is 1. The van der Waals surface area contributed by atoms with Gasteiger partial charge in [0.05, 0.1) is 12.2 Å². The largest absolute Gasteiger partial charge is 0.478 e. The molecule has 0 spiro atoms. The summed E-state index contributed by atoms with van der Waals surface area (Å²) in [6, 6.07) is 0.501. The number of anilines is 1. The second-order valence-corrected chi connectivity index (χ2v) is 4.85. The summed E-state index contributed by atoms with van der Waals surface area (Å²) in [5, 5.41) is 8.69. The Kier molecular flexibility index (Phi) is 3.89. The van der Waals surface area contributed by atoms with Crippen molar-refractivity contribution in [3.63, 3.8) is 0 Å². The molecule has 7 heteroatoms. The van der Waals surface area contributed by atoms with Gasteiger partial charge in [0.2, 0.25) is 0 Å². The molecular formula is C13H14F3NO3. The third-order valence-corrected chi connectivity index (χ3v) is 3.10. The molecule has 0 unspecified atom stereocenters. The molecule has 2 rings (SSSR count). The minimum Gasteiger partial charge on any atom is -0.478 e. The number of halogens is 3. The van der Waals surface area contributed by atoms with Crippen LogP contribution in [0.4, 0.5) is 18.9 Å². The fourth-order valence-electron chi connectivity index (χ4n) is 2.39. The number of carbonyl (C=O) groups is 1. The van der Waals surface area contributed by atoms with E-state index in [0.29, 0.717) is 6.07 Å². The first-order valence-electron chi connectivity index (χ1n) is 6.12. The lowest BCUT2D eigenvalue weighted by Gasteiger charge is -2.37. The van der Waals surface area contributed by atoms with Crippen LogP contribution in [0.1, 0.15) is 24.2 Å². The van der Waals surface area contributed by atoms with E-state index in [2.05, 4.69) is 0 Å². The lowest BCUT2D eigenvalue weighted by molar-refractivity contribution is -0.00563. The van der Waals surface area contributed by atoms with Gasteiger partial charge in [-0.15, -0.1) is 0 Å². The fraction of sp³-hybridized carbons (Fsp3) is 0.462. The monoisotopic (exact) mass is 289 g/mol. The second kappa shape index (κ2) is 5.32. The average Bonchev–Trinajstić information content (AvgIpc) is 2.32. The van der Waals surface area contributed by atoms with Crippen LogP contribution in [0, 0.1) is 17.5 Å². The van der Waals surface area contributed by atoms with Crippen molar-refractivity contribution in [1.82, 2.24) is 0 Å². The minimum absolute atomic E-state index is 0.198. The highest BCUT2D eigenvalue weighted by molar-refractivity contribution is 5.88. The molecule has 1 aromatic carbocycles. The summed E-state index contributed by atoms with van der Waals surface area (Å²) < 4.78 is 47.0. The van der Waals surface area contributed by atoms with E-state index in [1.165, 1.54) is 4.90 Å². The number of morpholine rings is 1. The van der Waals surface area contributed by atoms with Crippen molar-refractivity contribution in [1.29, 1.82) is 0 Å². The minimum atomic E-state index is -1.71. The first kappa shape index (κ1) is 14.6. The van der Waals surface area contributed by atoms with Gasteiger partial charge in [-0.05, 0) is 19.9 Å². The zero-order valence-corrected chi connectivity index (χ0v) is 11.0. The van der Waals surface area contributed by atoms with Gasteiger partial charge in [0, 0.05) is 13.1 Å². The number of hydrogen-bond acceptors (Lipinski definition) is 3. The molecule has 4 nitrogen and oxygen atoms in total. The molecule has 0 aromatic heterocycles. The highest BCUT2D eigenvalue weighted by Crippen LogP contribution is 2.30. The van der Waals surface area contributed by atoms with E-state index in [0.717, 1.165) is 0 Å². The highest BCUT2D eigenvalue weighted by atomic mass is 19.2. The van der Waals surface area contributed by atoms with Crippen LogP contribution < -0.4 is 4.90 Å². The van der Waals surface area contributed by atoms with Crippen LogP contribution in [-0.2, 0) is 4.74 Å². The first-order chi connectivity index (χ1) is 9.31. The molecule has 0 aliphatic carbocycles. The average molecular weight is 289 g/mol. The molecule has 1 aliphatic rings. The second-order valence-electron chi connectivity index (χ2n) is 4.85. The molecule has 1 fully saturated rings. The summed E-state index contributed by atoms with van der Waals surface area (Å²) in [5.74, 6) is -5.84. The van der Waals surface area contributed by atoms with Gasteiger partial charge in [0.1, 0.15) is 11.3 Å². The van der Waals surface area contributed by atoms with E-state index >= 15 is 0 Å². The first-order valence-corrected chi connectivity index (χ1v) is 6.12. The van der Waals surface area contributed by atoms with Crippen LogP contribution in [0.3, 0.4) is 0 Å². The van der Waals surface area contributed by atoms with Gasteiger partial charge in [-0.2, -0.15) is 0 Å². The van der Waals surface area contributed by atoms with Gasteiger partial charge < -0.3 is 14.7 Å². The topological polar surface area (TPSA) is 49.8 Å². The lowest BCUT2D eigenvalue weighted by atomic mass is 10.1. The Morgan fingerprint density at radius 1 is 1.25 bits per heavy atom. The van der Waals surface area contributed by atoms with Gasteiger partial charge in [0.25, 0.3) is 0 Å². The van der Waals surface area contributed by atoms with Crippen molar-refractivity contribution in [3.8, 4) is 0 Å². The lowest BCUT2D eigenvalue weighted by Crippen LogP contribution is -2.46. The fourth-order valence-corrected chi connectivity index (χ4v) is 2.39. The molecule has 0 saturated carbocycles. The van der Waals surface area contributed by atoms with Crippen LogP contribution in [0.15, 0.2) is 6.07 Å². The third-order valence-electron chi connectivity index (χ3n) is 3.10. The number of hydrogen-bond donors (Lipinski definition) is 1. The summed E-state index contributed by atoms with van der Waals surface area (Å²) in [5.41, 5.74) is -1.56. The number of carboxylic acid groups (broad SMARTS) is 1. The highest BCUT2D eigenvalue weighted by Gasteiger charge is 2.30. The molecule has 2 atom stereocenters. The van der Waals surface area contributed by atoms with Crippen LogP contribution >= 0.6 is 0 Å². The van der Waals surface area contributed by atoms with Crippen molar-refractivity contribution < 1.29 is 27.8 Å². The maximum absolute atomic E-state index is 14.0. The molecule has 0 bridgehead atoms. The zero-order valence-electron chi connectivity index (χ0n) is 11.0. The summed E-state index contributed by atoms with van der Waals surface area (Å²) >= 11 is 0. The van der Waals surface area contributed by atoms with Crippen molar-refractivity contribution >= 4 is 11.7 Å². The van der Waals surface area contributed by atoms with Crippen LogP contribution in [0.25, 0.3) is 0 Å². The van der Waals surface area contributed by atoms with Crippen LogP contribution in [0.2, 0.25) is 0 Å². The van der Waals surface area contributed by atoms with E-state index in [-0.39, 0.29) is 25.3 Å². The summed E-state index contributed by atoms with van der Waals surface area (Å²) in [6.07, 6.45) is -0.528. The van der Waals surface area contributed by atoms with Crippen molar-refractivity contribution in [2.75, 3.05) is 18.0 Å². The Balaban J connectivity index is 2.47. The molecule has 1 N–H and O–H groups in total. The normalized spacial score (nSPS) is 22.9. The maximum Gasteiger partial charge on any atom is 0.338 e. The number of benzene rings is 1. The molecule has 1 aromatic rings. The summed E-state index contributed by atoms with van der Waals surface area (Å²) in [4.78, 5) is 12.0. The number of aromatic carboxylic acids is 1. The van der Waals surface area contributed by atoms with Crippen molar-refractivity contribution in [2.45, 2.75) is 26.1 Å². The van der Waals surface area contributed by atoms with Gasteiger partial charge in [-0.25, -0.2) is 18.0 Å². The predicted octanol–water partition coefficient (Wildman–Crippen LogP) is 2.42. The smallest absolute Gasteiger partial charge is 0.338 e. The van der Waals surface area contributed by atoms with E-state index < -0.39 is 34.7 Å². The van der Waals surface area contributed by atoms with Gasteiger partial charge >= 0.3 is 5.97 Å². The van der Waals surface area contributed by atoms with E-state index in [1.54, 1.807) is 13.8 Å². The molecule has 1 heterocycles. The molecule has 0 radical (unpaired) electrons. The quantitative estimate of drug-likeness (QED) is 0.849. The van der Waals surface area contributed by atoms with Crippen molar-refractivity contribution in [3.05, 3.63) is 29.1 Å². The Labute approximate surface area is 113 Å². The van der Waals surface area contributed by atoms with Crippen LogP contribution in [0.5, 0.6) is 0 Å². The van der Waals surface area contributed by atoms with E-state index in [9.17, 15) is 18.0 Å². The molecule has 1 saturated heterocycles. The molecule has 110 valence electrons. The maximum atomic E-state index is 14.0. The third kappa shape index (κ3) is 2.58. The van der Waals surface area contributed by atoms with Crippen molar-refractivity contribution in [2.24, 2.45) is 0 Å². The van der Waals surface area contributed by atoms with Crippen LogP contribution in [-0.4, -0.2) is 36.4 Å². The Morgan fingerprint density at radius 3 is 2.30 bits per heavy atom. The summed E-state index contributed by atoms with van der Waals surface area (Å²) in [7, 11) is 0. The Bertz CT molecular complexity index is 540.